The minimum Gasteiger partial charge on any atom is -0.385 e. The van der Waals surface area contributed by atoms with Gasteiger partial charge < -0.3 is 9.67 Å². The smallest absolute Gasteiger partial charge is 0.231 e. The van der Waals surface area contributed by atoms with Crippen molar-refractivity contribution in [1.82, 2.24) is 0 Å². The molecule has 0 amide bonds. The van der Waals surface area contributed by atoms with Gasteiger partial charge >= 0.3 is 0 Å². The topological polar surface area (TPSA) is 71.4 Å². The summed E-state index contributed by atoms with van der Waals surface area (Å²) in [4.78, 5) is 26.5. The summed E-state index contributed by atoms with van der Waals surface area (Å²) in [6, 6.07) is 27.4. The molecule has 0 heterocycles. The highest BCUT2D eigenvalue weighted by molar-refractivity contribution is 7.93. The van der Waals surface area contributed by atoms with Crippen molar-refractivity contribution in [2.75, 3.05) is 0 Å². The van der Waals surface area contributed by atoms with Crippen LogP contribution in [-0.4, -0.2) is 16.9 Å². The van der Waals surface area contributed by atoms with Gasteiger partial charge in [-0.2, -0.15) is 0 Å². The van der Waals surface area contributed by atoms with Crippen LogP contribution in [0.25, 0.3) is 11.1 Å². The second-order valence-electron chi connectivity index (χ2n) is 10.6. The molecule has 1 N–H and O–H groups in total. The molecule has 0 saturated heterocycles. The molecule has 39 heavy (non-hydrogen) atoms. The summed E-state index contributed by atoms with van der Waals surface area (Å²) in [6.45, 7) is 3.65. The first kappa shape index (κ1) is 27.0. The Morgan fingerprint density at radius 1 is 0.846 bits per heavy atom. The van der Waals surface area contributed by atoms with E-state index in [-0.39, 0.29) is 11.1 Å². The Balaban J connectivity index is 1.68. The minimum absolute atomic E-state index is 0.201. The molecular formula is C34H33O4P. The monoisotopic (exact) mass is 536 g/mol. The lowest BCUT2D eigenvalue weighted by Crippen LogP contribution is -2.28. The number of aliphatic hydroxyl groups is 1. The zero-order valence-corrected chi connectivity index (χ0v) is 23.3. The van der Waals surface area contributed by atoms with Crippen molar-refractivity contribution < 1.29 is 19.3 Å². The van der Waals surface area contributed by atoms with E-state index in [0.29, 0.717) is 28.0 Å². The number of rotatable bonds is 7. The van der Waals surface area contributed by atoms with Gasteiger partial charge in [0.2, 0.25) is 12.7 Å². The first-order chi connectivity index (χ1) is 18.8. The summed E-state index contributed by atoms with van der Waals surface area (Å²) in [5, 5.41) is 12.1. The van der Waals surface area contributed by atoms with E-state index < -0.39 is 18.3 Å². The van der Waals surface area contributed by atoms with Crippen LogP contribution in [-0.2, 0) is 10.2 Å². The third kappa shape index (κ3) is 4.95. The van der Waals surface area contributed by atoms with Crippen LogP contribution in [0.15, 0.2) is 91.0 Å². The lowest BCUT2D eigenvalue weighted by atomic mass is 9.79. The van der Waals surface area contributed by atoms with Gasteiger partial charge in [0.05, 0.1) is 5.60 Å². The molecular weight excluding hydrogens is 503 g/mol. The molecule has 0 aromatic heterocycles. The van der Waals surface area contributed by atoms with Crippen molar-refractivity contribution in [3.63, 3.8) is 0 Å². The summed E-state index contributed by atoms with van der Waals surface area (Å²) in [6.07, 6.45) is 5.31. The predicted octanol–water partition coefficient (Wildman–Crippen LogP) is 7.09. The molecule has 1 saturated carbocycles. The van der Waals surface area contributed by atoms with E-state index in [1.807, 2.05) is 55.5 Å². The molecule has 1 fully saturated rings. The van der Waals surface area contributed by atoms with Gasteiger partial charge in [-0.1, -0.05) is 110 Å². The number of benzene rings is 4. The van der Waals surface area contributed by atoms with Crippen LogP contribution >= 0.6 is 7.14 Å². The van der Waals surface area contributed by atoms with Crippen molar-refractivity contribution in [2.45, 2.75) is 51.6 Å². The minimum atomic E-state index is -3.92. The molecule has 0 aliphatic heterocycles. The average molecular weight is 537 g/mol. The van der Waals surface area contributed by atoms with E-state index in [1.54, 1.807) is 49.4 Å². The Bertz CT molecular complexity index is 1570. The molecule has 4 aromatic rings. The summed E-state index contributed by atoms with van der Waals surface area (Å²) in [5.74, 6) is 0. The fourth-order valence-corrected chi connectivity index (χ4v) is 8.71. The Hall–Kier alpha value is -3.59. The van der Waals surface area contributed by atoms with Crippen LogP contribution in [0.3, 0.4) is 0 Å². The molecule has 1 unspecified atom stereocenters. The van der Waals surface area contributed by atoms with Gasteiger partial charge in [0.15, 0.2) is 6.29 Å². The second kappa shape index (κ2) is 10.9. The molecule has 5 rings (SSSR count). The SMILES string of the molecule is Cc1cc(C)c(C(=O)P(=O)(c2ccccc2)c2ccccc2-c2ccc(C3(O)CCCCC3)cc2)c(C=O)c1. The number of hydrogen-bond acceptors (Lipinski definition) is 4. The third-order valence-electron chi connectivity index (χ3n) is 7.91. The molecule has 0 radical (unpaired) electrons. The largest absolute Gasteiger partial charge is 0.385 e. The second-order valence-corrected chi connectivity index (χ2v) is 13.2. The molecule has 4 aromatic carbocycles. The lowest BCUT2D eigenvalue weighted by Gasteiger charge is -2.32. The number of carbonyl (C=O) groups is 2. The van der Waals surface area contributed by atoms with Crippen LogP contribution in [0.1, 0.15) is 69.5 Å². The third-order valence-corrected chi connectivity index (χ3v) is 10.8. The maximum atomic E-state index is 15.3. The fourth-order valence-electron chi connectivity index (χ4n) is 5.92. The van der Waals surface area contributed by atoms with Crippen LogP contribution in [0, 0.1) is 13.8 Å². The highest BCUT2D eigenvalue weighted by Crippen LogP contribution is 2.50. The normalized spacial score (nSPS) is 16.3. The van der Waals surface area contributed by atoms with E-state index in [9.17, 15) is 14.7 Å². The van der Waals surface area contributed by atoms with Crippen molar-refractivity contribution in [2.24, 2.45) is 0 Å². The number of carbonyl (C=O) groups excluding carboxylic acids is 2. The Morgan fingerprint density at radius 2 is 1.49 bits per heavy atom. The van der Waals surface area contributed by atoms with Crippen molar-refractivity contribution in [3.8, 4) is 11.1 Å². The quantitative estimate of drug-likeness (QED) is 0.202. The summed E-state index contributed by atoms with van der Waals surface area (Å²) >= 11 is 0. The maximum absolute atomic E-state index is 15.3. The summed E-state index contributed by atoms with van der Waals surface area (Å²) in [7, 11) is -3.92. The van der Waals surface area contributed by atoms with Crippen LogP contribution in [0.2, 0.25) is 0 Å². The molecule has 1 aliphatic rings. The van der Waals surface area contributed by atoms with E-state index in [1.165, 1.54) is 0 Å². The van der Waals surface area contributed by atoms with E-state index >= 15 is 4.57 Å². The van der Waals surface area contributed by atoms with Crippen LogP contribution in [0.5, 0.6) is 0 Å². The molecule has 4 nitrogen and oxygen atoms in total. The highest BCUT2D eigenvalue weighted by Gasteiger charge is 2.40. The first-order valence-electron chi connectivity index (χ1n) is 13.5. The van der Waals surface area contributed by atoms with Gasteiger partial charge in [0, 0.05) is 21.7 Å². The summed E-state index contributed by atoms with van der Waals surface area (Å²) in [5.41, 5.74) is 2.96. The zero-order chi connectivity index (χ0) is 27.6. The van der Waals surface area contributed by atoms with Gasteiger partial charge in [-0.25, -0.2) is 0 Å². The average Bonchev–Trinajstić information content (AvgIpc) is 2.97. The van der Waals surface area contributed by atoms with Crippen molar-refractivity contribution >= 4 is 29.6 Å². The predicted molar refractivity (Wildman–Crippen MR) is 158 cm³/mol. The van der Waals surface area contributed by atoms with Gasteiger partial charge in [0.1, 0.15) is 0 Å². The number of aldehydes is 1. The lowest BCUT2D eigenvalue weighted by molar-refractivity contribution is -0.000618. The van der Waals surface area contributed by atoms with E-state index in [2.05, 4.69) is 0 Å². The van der Waals surface area contributed by atoms with Crippen LogP contribution in [0.4, 0.5) is 0 Å². The fraction of sp³-hybridized carbons (Fsp3) is 0.235. The molecule has 0 bridgehead atoms. The number of aryl methyl sites for hydroxylation is 2. The number of hydrogen-bond donors (Lipinski definition) is 1. The molecule has 198 valence electrons. The van der Waals surface area contributed by atoms with Crippen LogP contribution < -0.4 is 10.6 Å². The van der Waals surface area contributed by atoms with Gasteiger partial charge in [0.25, 0.3) is 0 Å². The van der Waals surface area contributed by atoms with Gasteiger partial charge in [-0.15, -0.1) is 0 Å². The molecule has 1 aliphatic carbocycles. The van der Waals surface area contributed by atoms with E-state index in [0.717, 1.165) is 48.8 Å². The van der Waals surface area contributed by atoms with Gasteiger partial charge in [-0.05, 0) is 55.0 Å². The van der Waals surface area contributed by atoms with E-state index in [4.69, 9.17) is 0 Å². The molecule has 0 spiro atoms. The van der Waals surface area contributed by atoms with Gasteiger partial charge in [-0.3, -0.25) is 9.59 Å². The Labute approximate surface area is 230 Å². The Kier molecular flexibility index (Phi) is 7.53. The highest BCUT2D eigenvalue weighted by atomic mass is 31.2. The molecule has 5 heteroatoms. The first-order valence-corrected chi connectivity index (χ1v) is 15.2. The summed E-state index contributed by atoms with van der Waals surface area (Å²) < 4.78 is 15.3. The zero-order valence-electron chi connectivity index (χ0n) is 22.4. The maximum Gasteiger partial charge on any atom is 0.231 e. The van der Waals surface area contributed by atoms with Crippen molar-refractivity contribution in [3.05, 3.63) is 119 Å². The molecule has 1 atom stereocenters. The standard InChI is InChI=1S/C34H33O4P/c1-24-21-25(2)32(27(22-24)23-35)33(36)39(38,29-11-5-3-6-12-29)31-14-8-7-13-30(31)26-15-17-28(18-16-26)34(37)19-9-4-10-20-34/h3,5-8,11-18,21-23,37H,4,9-10,19-20H2,1-2H3. The Morgan fingerprint density at radius 3 is 2.15 bits per heavy atom. The van der Waals surface area contributed by atoms with Crippen molar-refractivity contribution in [1.29, 1.82) is 0 Å².